The molecule has 4 fully saturated rings. The highest BCUT2D eigenvalue weighted by atomic mass is 16.5. The van der Waals surface area contributed by atoms with Crippen molar-refractivity contribution in [2.45, 2.75) is 45.3 Å². The minimum absolute atomic E-state index is 0.151. The van der Waals surface area contributed by atoms with Gasteiger partial charge in [0.25, 0.3) is 16.7 Å². The Bertz CT molecular complexity index is 2460. The maximum absolute atomic E-state index is 15.0. The van der Waals surface area contributed by atoms with Gasteiger partial charge in [-0.25, -0.2) is 0 Å². The van der Waals surface area contributed by atoms with Crippen LogP contribution in [0.2, 0.25) is 0 Å². The summed E-state index contributed by atoms with van der Waals surface area (Å²) in [7, 11) is 2.16. The van der Waals surface area contributed by atoms with Crippen LogP contribution in [-0.4, -0.2) is 164 Å². The van der Waals surface area contributed by atoms with Crippen molar-refractivity contribution >= 4 is 21.5 Å². The third-order valence-electron chi connectivity index (χ3n) is 13.4. The number of piperazine rings is 1. The SMILES string of the molecule is CN1CCN(Cc2ccc(-c3cc4c(O)n(CCCN5CCOCC5)c(=O)c5c(=NCCN6CCCC6)cc6c(=O)n(CCCN7CCOCC7)c(=O)c3c-6c45)cc2)CC1. The Morgan fingerprint density at radius 1 is 0.600 bits per heavy atom. The molecule has 0 unspecified atom stereocenters. The first kappa shape index (κ1) is 41.1. The van der Waals surface area contributed by atoms with Crippen molar-refractivity contribution in [1.29, 1.82) is 0 Å². The van der Waals surface area contributed by atoms with Gasteiger partial charge in [-0.3, -0.25) is 43.2 Å². The van der Waals surface area contributed by atoms with E-state index in [0.29, 0.717) is 96.0 Å². The van der Waals surface area contributed by atoms with E-state index < -0.39 is 0 Å². The predicted octanol–water partition coefficient (Wildman–Crippen LogP) is 2.22. The lowest BCUT2D eigenvalue weighted by Crippen LogP contribution is -2.43. The molecule has 0 atom stereocenters. The molecule has 6 aliphatic rings. The van der Waals surface area contributed by atoms with Gasteiger partial charge in [0, 0.05) is 108 Å². The monoisotopic (exact) mass is 820 g/mol. The predicted molar refractivity (Wildman–Crippen MR) is 235 cm³/mol. The summed E-state index contributed by atoms with van der Waals surface area (Å²) >= 11 is 0. The van der Waals surface area contributed by atoms with Gasteiger partial charge in [-0.2, -0.15) is 0 Å². The molecule has 0 bridgehead atoms. The number of aromatic nitrogens is 2. The Morgan fingerprint density at radius 2 is 1.20 bits per heavy atom. The molecule has 60 heavy (non-hydrogen) atoms. The number of benzene rings is 3. The van der Waals surface area contributed by atoms with Crippen molar-refractivity contribution in [3.8, 4) is 28.1 Å². The molecule has 5 aliphatic heterocycles. The summed E-state index contributed by atoms with van der Waals surface area (Å²) in [5, 5.41) is 14.3. The fraction of sp³-hybridized carbons (Fsp3) is 0.565. The van der Waals surface area contributed by atoms with E-state index in [1.54, 1.807) is 6.07 Å². The molecular weight excluding hydrogens is 761 g/mol. The maximum Gasteiger partial charge on any atom is 0.263 e. The van der Waals surface area contributed by atoms with Gasteiger partial charge in [0.1, 0.15) is 0 Å². The standard InChI is InChI=1S/C46H60N8O6/c1-48-18-20-52(21-19-48)32-33-6-8-34(9-7-33)35-30-36-40-39-37(44(56)53(45(57)41(35)39)15-4-13-50-22-26-59-27-23-50)31-38(47-10-17-49-11-2-3-12-49)42(40)46(58)54(43(36)55)16-5-14-51-24-28-60-29-25-51/h6-9,30-31,55H,2-5,10-29,32H2,1H3. The van der Waals surface area contributed by atoms with E-state index in [-0.39, 0.29) is 29.1 Å². The summed E-state index contributed by atoms with van der Waals surface area (Å²) in [6.45, 7) is 16.3. The molecule has 0 saturated carbocycles. The van der Waals surface area contributed by atoms with Gasteiger partial charge in [-0.05, 0) is 74.6 Å². The highest BCUT2D eigenvalue weighted by Crippen LogP contribution is 2.42. The van der Waals surface area contributed by atoms with Crippen LogP contribution in [0.25, 0.3) is 43.8 Å². The Labute approximate surface area is 350 Å². The van der Waals surface area contributed by atoms with Crippen molar-refractivity contribution in [2.75, 3.05) is 125 Å². The zero-order valence-electron chi connectivity index (χ0n) is 35.2. The topological polar surface area (TPSA) is 128 Å². The van der Waals surface area contributed by atoms with Crippen LogP contribution in [0.15, 0.2) is 55.8 Å². The van der Waals surface area contributed by atoms with Gasteiger partial charge >= 0.3 is 0 Å². The third-order valence-corrected chi connectivity index (χ3v) is 13.4. The Balaban J connectivity index is 1.20. The van der Waals surface area contributed by atoms with Crippen LogP contribution in [0.5, 0.6) is 5.88 Å². The first-order chi connectivity index (χ1) is 29.3. The van der Waals surface area contributed by atoms with Crippen LogP contribution >= 0.6 is 0 Å². The van der Waals surface area contributed by atoms with E-state index in [2.05, 4.69) is 55.8 Å². The van der Waals surface area contributed by atoms with Crippen LogP contribution in [0, 0.1) is 0 Å². The van der Waals surface area contributed by atoms with Gasteiger partial charge < -0.3 is 24.4 Å². The first-order valence-electron chi connectivity index (χ1n) is 22.3. The summed E-state index contributed by atoms with van der Waals surface area (Å²) in [4.78, 5) is 61.3. The van der Waals surface area contributed by atoms with Crippen molar-refractivity contribution in [2.24, 2.45) is 4.99 Å². The quantitative estimate of drug-likeness (QED) is 0.166. The van der Waals surface area contributed by atoms with Crippen LogP contribution in [-0.2, 0) is 29.1 Å². The number of rotatable bonds is 14. The second kappa shape index (κ2) is 18.4. The fourth-order valence-electron chi connectivity index (χ4n) is 9.84. The van der Waals surface area contributed by atoms with Crippen molar-refractivity contribution in [1.82, 2.24) is 33.6 Å². The van der Waals surface area contributed by atoms with Crippen LogP contribution in [0.1, 0.15) is 31.2 Å². The molecule has 14 nitrogen and oxygen atoms in total. The number of likely N-dealkylation sites (tertiary alicyclic amines) is 1. The van der Waals surface area contributed by atoms with Gasteiger partial charge in [0.15, 0.2) is 0 Å². The molecule has 6 heterocycles. The smallest absolute Gasteiger partial charge is 0.263 e. The number of hydrogen-bond donors (Lipinski definition) is 1. The van der Waals surface area contributed by atoms with E-state index in [1.165, 1.54) is 14.7 Å². The first-order valence-corrected chi connectivity index (χ1v) is 22.3. The minimum Gasteiger partial charge on any atom is -0.494 e. The zero-order valence-corrected chi connectivity index (χ0v) is 35.2. The normalized spacial score (nSPS) is 19.9. The fourth-order valence-corrected chi connectivity index (χ4v) is 9.84. The average Bonchev–Trinajstić information content (AvgIpc) is 3.80. The second-order valence-corrected chi connectivity index (χ2v) is 17.3. The summed E-state index contributed by atoms with van der Waals surface area (Å²) in [6.07, 6.45) is 3.61. The van der Waals surface area contributed by atoms with E-state index in [0.717, 1.165) is 110 Å². The summed E-state index contributed by atoms with van der Waals surface area (Å²) < 4.78 is 14.0. The lowest BCUT2D eigenvalue weighted by molar-refractivity contribution is 0.0368. The summed E-state index contributed by atoms with van der Waals surface area (Å²) in [5.41, 5.74) is 2.31. The molecule has 320 valence electrons. The van der Waals surface area contributed by atoms with Crippen molar-refractivity contribution in [3.05, 3.63) is 78.4 Å². The number of pyridine rings is 2. The van der Waals surface area contributed by atoms with Gasteiger partial charge in [0.05, 0.1) is 54.7 Å². The maximum atomic E-state index is 15.0. The molecule has 0 spiro atoms. The number of morpholine rings is 2. The molecule has 4 saturated heterocycles. The van der Waals surface area contributed by atoms with E-state index in [1.807, 2.05) is 6.07 Å². The largest absolute Gasteiger partial charge is 0.494 e. The summed E-state index contributed by atoms with van der Waals surface area (Å²) in [5.74, 6) is -0.151. The van der Waals surface area contributed by atoms with Crippen molar-refractivity contribution < 1.29 is 14.6 Å². The van der Waals surface area contributed by atoms with Gasteiger partial charge in [-0.15, -0.1) is 0 Å². The van der Waals surface area contributed by atoms with E-state index in [4.69, 9.17) is 14.5 Å². The van der Waals surface area contributed by atoms with Crippen LogP contribution < -0.4 is 22.0 Å². The summed E-state index contributed by atoms with van der Waals surface area (Å²) in [6, 6.07) is 12.0. The number of nitrogens with zero attached hydrogens (tertiary/aromatic N) is 8. The lowest BCUT2D eigenvalue weighted by atomic mass is 9.86. The van der Waals surface area contributed by atoms with Gasteiger partial charge in [-0.1, -0.05) is 24.3 Å². The average molecular weight is 821 g/mol. The second-order valence-electron chi connectivity index (χ2n) is 17.3. The molecule has 1 N–H and O–H groups in total. The molecule has 9 rings (SSSR count). The number of aromatic hydroxyl groups is 1. The molecule has 3 aromatic rings. The minimum atomic E-state index is -0.387. The zero-order chi connectivity index (χ0) is 41.2. The molecule has 1 aromatic heterocycles. The van der Waals surface area contributed by atoms with Crippen LogP contribution in [0.4, 0.5) is 0 Å². The molecule has 0 amide bonds. The number of likely N-dealkylation sites (N-methyl/N-ethyl adjacent to an activating group) is 1. The molecule has 0 radical (unpaired) electrons. The third kappa shape index (κ3) is 8.48. The van der Waals surface area contributed by atoms with E-state index >= 15 is 0 Å². The molecular formula is C46H60N8O6. The van der Waals surface area contributed by atoms with Crippen molar-refractivity contribution in [3.63, 3.8) is 0 Å². The Kier molecular flexibility index (Phi) is 12.6. The number of hydrogen-bond acceptors (Lipinski definition) is 12. The van der Waals surface area contributed by atoms with Gasteiger partial charge in [0.2, 0.25) is 5.88 Å². The molecule has 1 aliphatic carbocycles. The lowest BCUT2D eigenvalue weighted by Gasteiger charge is -2.32. The molecule has 14 heteroatoms. The Morgan fingerprint density at radius 3 is 1.85 bits per heavy atom. The number of ether oxygens (including phenoxy) is 2. The highest BCUT2D eigenvalue weighted by Gasteiger charge is 2.30. The van der Waals surface area contributed by atoms with Crippen LogP contribution in [0.3, 0.4) is 0 Å². The molecule has 2 aromatic carbocycles. The Hall–Kier alpha value is -4.28. The van der Waals surface area contributed by atoms with E-state index in [9.17, 15) is 19.5 Å². The highest BCUT2D eigenvalue weighted by molar-refractivity contribution is 6.19.